The number of hydrogen-bond donors (Lipinski definition) is 1. The van der Waals surface area contributed by atoms with E-state index < -0.39 is 0 Å². The van der Waals surface area contributed by atoms with Crippen LogP contribution >= 0.6 is 0 Å². The summed E-state index contributed by atoms with van der Waals surface area (Å²) in [4.78, 5) is 6.33. The first kappa shape index (κ1) is 14.5. The number of imidazole rings is 1. The summed E-state index contributed by atoms with van der Waals surface area (Å²) in [5.41, 5.74) is 1.57. The average molecular weight is 276 g/mol. The lowest BCUT2D eigenvalue weighted by Crippen LogP contribution is -2.23. The second-order valence-corrected chi connectivity index (χ2v) is 4.99. The molecule has 5 heteroatoms. The van der Waals surface area contributed by atoms with Crippen LogP contribution in [-0.2, 0) is 13.6 Å². The zero-order chi connectivity index (χ0) is 14.7. The van der Waals surface area contributed by atoms with Crippen LogP contribution in [0.15, 0.2) is 30.6 Å². The molecule has 2 rings (SSSR count). The quantitative estimate of drug-likeness (QED) is 0.910. The summed E-state index contributed by atoms with van der Waals surface area (Å²) in [5, 5.41) is 3.10. The maximum Gasteiger partial charge on any atom is 0.130 e. The van der Waals surface area contributed by atoms with Gasteiger partial charge in [-0.1, -0.05) is 6.07 Å². The van der Waals surface area contributed by atoms with E-state index >= 15 is 0 Å². The van der Waals surface area contributed by atoms with Crippen LogP contribution in [-0.4, -0.2) is 23.6 Å². The third-order valence-corrected chi connectivity index (χ3v) is 3.61. The van der Waals surface area contributed by atoms with E-state index in [1.165, 1.54) is 6.07 Å². The fourth-order valence-electron chi connectivity index (χ4n) is 2.28. The van der Waals surface area contributed by atoms with Gasteiger partial charge >= 0.3 is 0 Å². The Kier molecular flexibility index (Phi) is 4.39. The van der Waals surface area contributed by atoms with Gasteiger partial charge in [0, 0.05) is 43.8 Å². The van der Waals surface area contributed by atoms with E-state index in [0.29, 0.717) is 12.1 Å². The van der Waals surface area contributed by atoms with Gasteiger partial charge < -0.3 is 14.8 Å². The lowest BCUT2D eigenvalue weighted by atomic mass is 10.0. The zero-order valence-corrected chi connectivity index (χ0v) is 12.4. The second-order valence-electron chi connectivity index (χ2n) is 4.99. The molecule has 0 saturated carbocycles. The van der Waals surface area contributed by atoms with Crippen LogP contribution in [0.4, 0.5) is 10.1 Å². The molecule has 108 valence electrons. The first-order valence-electron chi connectivity index (χ1n) is 6.67. The summed E-state index contributed by atoms with van der Waals surface area (Å²) in [6.07, 6.45) is 3.68. The Morgan fingerprint density at radius 2 is 2.20 bits per heavy atom. The predicted molar refractivity (Wildman–Crippen MR) is 79.2 cm³/mol. The van der Waals surface area contributed by atoms with Crippen LogP contribution in [0.25, 0.3) is 0 Å². The SMILES string of the molecule is CNC(C)c1c(F)cccc1N(C)Cc1nccn1C. The predicted octanol–water partition coefficient (Wildman–Crippen LogP) is 2.48. The molecule has 0 fully saturated rings. The normalized spacial score (nSPS) is 12.4. The summed E-state index contributed by atoms with van der Waals surface area (Å²) in [7, 11) is 5.74. The molecule has 20 heavy (non-hydrogen) atoms. The van der Waals surface area contributed by atoms with E-state index in [0.717, 1.165) is 11.5 Å². The Labute approximate surface area is 119 Å². The van der Waals surface area contributed by atoms with Crippen molar-refractivity contribution in [2.75, 3.05) is 19.0 Å². The van der Waals surface area contributed by atoms with Crippen molar-refractivity contribution in [3.05, 3.63) is 47.8 Å². The summed E-state index contributed by atoms with van der Waals surface area (Å²) >= 11 is 0. The van der Waals surface area contributed by atoms with Crippen molar-refractivity contribution in [2.45, 2.75) is 19.5 Å². The number of halogens is 1. The molecular weight excluding hydrogens is 255 g/mol. The molecule has 1 N–H and O–H groups in total. The first-order chi connectivity index (χ1) is 9.54. The molecule has 0 bridgehead atoms. The van der Waals surface area contributed by atoms with Gasteiger partial charge in [-0.15, -0.1) is 0 Å². The summed E-state index contributed by atoms with van der Waals surface area (Å²) in [6, 6.07) is 5.14. The van der Waals surface area contributed by atoms with E-state index in [1.807, 2.05) is 49.8 Å². The van der Waals surface area contributed by atoms with E-state index in [-0.39, 0.29) is 11.9 Å². The van der Waals surface area contributed by atoms with Crippen molar-refractivity contribution in [1.82, 2.24) is 14.9 Å². The van der Waals surface area contributed by atoms with Crippen LogP contribution < -0.4 is 10.2 Å². The fraction of sp³-hybridized carbons (Fsp3) is 0.400. The van der Waals surface area contributed by atoms with Gasteiger partial charge in [0.1, 0.15) is 11.6 Å². The number of hydrogen-bond acceptors (Lipinski definition) is 3. The largest absolute Gasteiger partial charge is 0.367 e. The van der Waals surface area contributed by atoms with Gasteiger partial charge in [-0.25, -0.2) is 9.37 Å². The van der Waals surface area contributed by atoms with Crippen LogP contribution in [0, 0.1) is 5.82 Å². The van der Waals surface area contributed by atoms with E-state index in [2.05, 4.69) is 10.3 Å². The molecule has 1 aromatic heterocycles. The van der Waals surface area contributed by atoms with E-state index in [9.17, 15) is 4.39 Å². The van der Waals surface area contributed by atoms with Crippen molar-refractivity contribution >= 4 is 5.69 Å². The van der Waals surface area contributed by atoms with Crippen molar-refractivity contribution in [3.63, 3.8) is 0 Å². The van der Waals surface area contributed by atoms with Crippen molar-refractivity contribution in [3.8, 4) is 0 Å². The Bertz CT molecular complexity index is 579. The van der Waals surface area contributed by atoms with Crippen molar-refractivity contribution in [2.24, 2.45) is 7.05 Å². The van der Waals surface area contributed by atoms with Gasteiger partial charge in [-0.3, -0.25) is 0 Å². The average Bonchev–Trinajstić information content (AvgIpc) is 2.83. The summed E-state index contributed by atoms with van der Waals surface area (Å²) in [5.74, 6) is 0.760. The molecule has 0 saturated heterocycles. The standard InChI is InChI=1S/C15H21FN4/c1-11(17-2)15-12(16)6-5-7-13(15)20(4)10-14-18-8-9-19(14)3/h5-9,11,17H,10H2,1-4H3. The Morgan fingerprint density at radius 1 is 1.45 bits per heavy atom. The molecular formula is C15H21FN4. The maximum atomic E-state index is 14.1. The molecule has 1 heterocycles. The highest BCUT2D eigenvalue weighted by Crippen LogP contribution is 2.28. The highest BCUT2D eigenvalue weighted by Gasteiger charge is 2.17. The van der Waals surface area contributed by atoms with Crippen LogP contribution in [0.1, 0.15) is 24.4 Å². The topological polar surface area (TPSA) is 33.1 Å². The smallest absolute Gasteiger partial charge is 0.130 e. The maximum absolute atomic E-state index is 14.1. The van der Waals surface area contributed by atoms with Gasteiger partial charge in [0.05, 0.1) is 6.54 Å². The summed E-state index contributed by atoms with van der Waals surface area (Å²) in [6.45, 7) is 2.59. The number of aryl methyl sites for hydroxylation is 1. The molecule has 0 spiro atoms. The van der Waals surface area contributed by atoms with Gasteiger partial charge in [0.2, 0.25) is 0 Å². The van der Waals surface area contributed by atoms with Crippen molar-refractivity contribution in [1.29, 1.82) is 0 Å². The van der Waals surface area contributed by atoms with Gasteiger partial charge in [-0.05, 0) is 26.1 Å². The molecule has 0 aliphatic carbocycles. The molecule has 1 unspecified atom stereocenters. The monoisotopic (exact) mass is 276 g/mol. The first-order valence-corrected chi connectivity index (χ1v) is 6.67. The Balaban J connectivity index is 2.32. The molecule has 4 nitrogen and oxygen atoms in total. The van der Waals surface area contributed by atoms with Gasteiger partial charge in [0.25, 0.3) is 0 Å². The molecule has 1 atom stereocenters. The minimum absolute atomic E-state index is 0.0463. The molecule has 0 amide bonds. The molecule has 1 aromatic carbocycles. The van der Waals surface area contributed by atoms with Crippen molar-refractivity contribution < 1.29 is 4.39 Å². The Morgan fingerprint density at radius 3 is 2.80 bits per heavy atom. The number of nitrogens with one attached hydrogen (secondary N) is 1. The highest BCUT2D eigenvalue weighted by atomic mass is 19.1. The highest BCUT2D eigenvalue weighted by molar-refractivity contribution is 5.55. The number of anilines is 1. The van der Waals surface area contributed by atoms with E-state index in [1.54, 1.807) is 12.3 Å². The number of nitrogens with zero attached hydrogens (tertiary/aromatic N) is 3. The number of benzene rings is 1. The lowest BCUT2D eigenvalue weighted by molar-refractivity contribution is 0.560. The number of aromatic nitrogens is 2. The molecule has 2 aromatic rings. The third kappa shape index (κ3) is 2.82. The van der Waals surface area contributed by atoms with Gasteiger partial charge in [0.15, 0.2) is 0 Å². The third-order valence-electron chi connectivity index (χ3n) is 3.61. The molecule has 0 radical (unpaired) electrons. The minimum atomic E-state index is -0.184. The summed E-state index contributed by atoms with van der Waals surface area (Å²) < 4.78 is 16.1. The molecule has 0 aliphatic rings. The van der Waals surface area contributed by atoms with Crippen LogP contribution in [0.3, 0.4) is 0 Å². The van der Waals surface area contributed by atoms with Gasteiger partial charge in [-0.2, -0.15) is 0 Å². The molecule has 0 aliphatic heterocycles. The van der Waals surface area contributed by atoms with E-state index in [4.69, 9.17) is 0 Å². The minimum Gasteiger partial charge on any atom is -0.367 e. The second kappa shape index (κ2) is 6.05. The Hall–Kier alpha value is -1.88. The van der Waals surface area contributed by atoms with Crippen LogP contribution in [0.2, 0.25) is 0 Å². The lowest BCUT2D eigenvalue weighted by Gasteiger charge is -2.25. The fourth-order valence-corrected chi connectivity index (χ4v) is 2.28. The van der Waals surface area contributed by atoms with Crippen LogP contribution in [0.5, 0.6) is 0 Å². The number of rotatable bonds is 5. The zero-order valence-electron chi connectivity index (χ0n) is 12.4.